The van der Waals surface area contributed by atoms with Crippen LogP contribution in [0.5, 0.6) is 0 Å². The third kappa shape index (κ3) is 3.64. The van der Waals surface area contributed by atoms with Crippen molar-refractivity contribution in [1.82, 2.24) is 5.16 Å². The Bertz CT molecular complexity index is 894. The quantitative estimate of drug-likeness (QED) is 0.677. The number of carbonyl (C=O) groups is 1. The van der Waals surface area contributed by atoms with Crippen molar-refractivity contribution < 1.29 is 18.4 Å². The third-order valence-electron chi connectivity index (χ3n) is 3.60. The summed E-state index contributed by atoms with van der Waals surface area (Å²) in [5, 5.41) is 7.52. The molecule has 0 spiro atoms. The Labute approximate surface area is 148 Å². The average molecular weight is 361 g/mol. The molecule has 5 nitrogen and oxygen atoms in total. The van der Waals surface area contributed by atoms with Crippen molar-refractivity contribution >= 4 is 23.5 Å². The van der Waals surface area contributed by atoms with Crippen molar-refractivity contribution in [3.63, 3.8) is 0 Å². The molecule has 0 saturated heterocycles. The van der Waals surface area contributed by atoms with Crippen LogP contribution in [0.3, 0.4) is 0 Å². The fraction of sp³-hybridized carbons (Fsp3) is 0.111. The largest absolute Gasteiger partial charge is 0.465 e. The minimum atomic E-state index is -0.609. The Kier molecular flexibility index (Phi) is 5.00. The Balaban J connectivity index is 1.93. The number of nitrogens with one attached hydrogen (secondary N) is 1. The molecule has 0 aliphatic heterocycles. The van der Waals surface area contributed by atoms with Crippen LogP contribution in [0.4, 0.5) is 10.3 Å². The third-order valence-corrected chi connectivity index (χ3v) is 3.97. The Morgan fingerprint density at radius 1 is 1.24 bits per heavy atom. The summed E-state index contributed by atoms with van der Waals surface area (Å²) in [5.41, 5.74) is 1.78. The molecule has 1 aromatic heterocycles. The monoisotopic (exact) mass is 360 g/mol. The maximum absolute atomic E-state index is 13.1. The van der Waals surface area contributed by atoms with Gasteiger partial charge in [0, 0.05) is 17.1 Å². The molecule has 0 unspecified atom stereocenters. The van der Waals surface area contributed by atoms with Gasteiger partial charge in [-0.25, -0.2) is 9.18 Å². The van der Waals surface area contributed by atoms with Gasteiger partial charge in [0.15, 0.2) is 5.56 Å². The molecule has 0 atom stereocenters. The summed E-state index contributed by atoms with van der Waals surface area (Å²) < 4.78 is 23.2. The zero-order valence-electron chi connectivity index (χ0n) is 13.3. The molecule has 1 N–H and O–H groups in total. The van der Waals surface area contributed by atoms with E-state index in [1.54, 1.807) is 6.07 Å². The summed E-state index contributed by atoms with van der Waals surface area (Å²) in [6, 6.07) is 12.9. The van der Waals surface area contributed by atoms with Gasteiger partial charge in [-0.1, -0.05) is 35.0 Å². The minimum Gasteiger partial charge on any atom is -0.465 e. The first-order valence-electron chi connectivity index (χ1n) is 7.41. The number of hydrogen-bond donors (Lipinski definition) is 1. The topological polar surface area (TPSA) is 64.4 Å². The van der Waals surface area contributed by atoms with Crippen molar-refractivity contribution in [2.45, 2.75) is 6.54 Å². The Morgan fingerprint density at radius 3 is 2.64 bits per heavy atom. The summed E-state index contributed by atoms with van der Waals surface area (Å²) >= 11 is 6.12. The molecular weight excluding hydrogens is 347 g/mol. The highest BCUT2D eigenvalue weighted by molar-refractivity contribution is 6.31. The highest BCUT2D eigenvalue weighted by atomic mass is 35.5. The van der Waals surface area contributed by atoms with Crippen LogP contribution >= 0.6 is 11.6 Å². The number of rotatable bonds is 5. The fourth-order valence-corrected chi connectivity index (χ4v) is 2.53. The number of methoxy groups -OCH3 is 1. The van der Waals surface area contributed by atoms with Gasteiger partial charge in [-0.2, -0.15) is 0 Å². The molecule has 0 radical (unpaired) electrons. The zero-order valence-corrected chi connectivity index (χ0v) is 14.0. The predicted molar refractivity (Wildman–Crippen MR) is 92.0 cm³/mol. The summed E-state index contributed by atoms with van der Waals surface area (Å²) in [5.74, 6) is -0.836. The summed E-state index contributed by atoms with van der Waals surface area (Å²) in [6.45, 7) is 0.335. The van der Waals surface area contributed by atoms with Gasteiger partial charge in [0.25, 0.3) is 0 Å². The standard InChI is InChI=1S/C18H14ClFN2O3/c1-24-18(23)15-16(11-6-8-13(20)9-7-11)22-25-17(15)21-10-12-4-2-3-5-14(12)19/h2-9,21H,10H2,1H3. The number of aromatic nitrogens is 1. The van der Waals surface area contributed by atoms with Crippen LogP contribution in [-0.2, 0) is 11.3 Å². The van der Waals surface area contributed by atoms with Crippen LogP contribution in [0.2, 0.25) is 5.02 Å². The van der Waals surface area contributed by atoms with E-state index in [-0.39, 0.29) is 23.0 Å². The minimum absolute atomic E-state index is 0.140. The number of halogens is 2. The summed E-state index contributed by atoms with van der Waals surface area (Å²) in [4.78, 5) is 12.2. The highest BCUT2D eigenvalue weighted by Crippen LogP contribution is 2.30. The van der Waals surface area contributed by atoms with E-state index in [0.717, 1.165) is 5.56 Å². The van der Waals surface area contributed by atoms with Crippen molar-refractivity contribution in [3.05, 3.63) is 70.5 Å². The van der Waals surface area contributed by atoms with E-state index < -0.39 is 5.97 Å². The lowest BCUT2D eigenvalue weighted by Crippen LogP contribution is -2.07. The van der Waals surface area contributed by atoms with Gasteiger partial charge in [-0.05, 0) is 35.9 Å². The first-order chi connectivity index (χ1) is 12.1. The number of hydrogen-bond acceptors (Lipinski definition) is 5. The van der Waals surface area contributed by atoms with Crippen LogP contribution in [0.1, 0.15) is 15.9 Å². The molecule has 0 amide bonds. The second-order valence-corrected chi connectivity index (χ2v) is 5.59. The van der Waals surface area contributed by atoms with Crippen LogP contribution in [0.25, 0.3) is 11.3 Å². The lowest BCUT2D eigenvalue weighted by Gasteiger charge is -2.07. The maximum atomic E-state index is 13.1. The van der Waals surface area contributed by atoms with Gasteiger partial charge in [0.05, 0.1) is 7.11 Å². The van der Waals surface area contributed by atoms with Gasteiger partial charge in [-0.15, -0.1) is 0 Å². The van der Waals surface area contributed by atoms with Gasteiger partial charge in [-0.3, -0.25) is 0 Å². The van der Waals surface area contributed by atoms with Crippen molar-refractivity contribution in [3.8, 4) is 11.3 Å². The molecule has 0 saturated carbocycles. The van der Waals surface area contributed by atoms with Crippen molar-refractivity contribution in [1.29, 1.82) is 0 Å². The number of carbonyl (C=O) groups excluding carboxylic acids is 1. The van der Waals surface area contributed by atoms with E-state index in [2.05, 4.69) is 10.5 Å². The molecule has 2 aromatic carbocycles. The number of ether oxygens (including phenoxy) is 1. The number of esters is 1. The molecule has 25 heavy (non-hydrogen) atoms. The SMILES string of the molecule is COC(=O)c1c(-c2ccc(F)cc2)noc1NCc1ccccc1Cl. The number of anilines is 1. The van der Waals surface area contributed by atoms with E-state index in [1.807, 2.05) is 18.2 Å². The first-order valence-corrected chi connectivity index (χ1v) is 7.79. The maximum Gasteiger partial charge on any atom is 0.345 e. The highest BCUT2D eigenvalue weighted by Gasteiger charge is 2.25. The van der Waals surface area contributed by atoms with Crippen LogP contribution in [-0.4, -0.2) is 18.2 Å². The fourth-order valence-electron chi connectivity index (χ4n) is 2.32. The Morgan fingerprint density at radius 2 is 1.96 bits per heavy atom. The van der Waals surface area contributed by atoms with E-state index in [4.69, 9.17) is 20.9 Å². The average Bonchev–Trinajstić information content (AvgIpc) is 3.05. The van der Waals surface area contributed by atoms with Crippen molar-refractivity contribution in [2.24, 2.45) is 0 Å². The second kappa shape index (κ2) is 7.36. The summed E-state index contributed by atoms with van der Waals surface area (Å²) in [7, 11) is 1.27. The van der Waals surface area contributed by atoms with Gasteiger partial charge in [0.1, 0.15) is 11.5 Å². The molecule has 0 fully saturated rings. The zero-order chi connectivity index (χ0) is 17.8. The van der Waals surface area contributed by atoms with E-state index in [1.165, 1.54) is 31.4 Å². The molecule has 7 heteroatoms. The van der Waals surface area contributed by atoms with Crippen LogP contribution < -0.4 is 5.32 Å². The molecule has 3 rings (SSSR count). The molecule has 1 heterocycles. The van der Waals surface area contributed by atoms with Gasteiger partial charge < -0.3 is 14.6 Å². The van der Waals surface area contributed by atoms with Crippen LogP contribution in [0.15, 0.2) is 53.1 Å². The smallest absolute Gasteiger partial charge is 0.345 e. The molecule has 0 bridgehead atoms. The van der Waals surface area contributed by atoms with Gasteiger partial charge >= 0.3 is 5.97 Å². The van der Waals surface area contributed by atoms with Crippen LogP contribution in [0, 0.1) is 5.82 Å². The van der Waals surface area contributed by atoms with E-state index in [9.17, 15) is 9.18 Å². The number of nitrogens with zero attached hydrogens (tertiary/aromatic N) is 1. The van der Waals surface area contributed by atoms with E-state index >= 15 is 0 Å². The normalized spacial score (nSPS) is 10.5. The lowest BCUT2D eigenvalue weighted by molar-refractivity contribution is 0.0602. The van der Waals surface area contributed by atoms with Gasteiger partial charge in [0.2, 0.25) is 5.88 Å². The Hall–Kier alpha value is -2.86. The molecule has 3 aromatic rings. The van der Waals surface area contributed by atoms with E-state index in [0.29, 0.717) is 17.1 Å². The summed E-state index contributed by atoms with van der Waals surface area (Å²) in [6.07, 6.45) is 0. The molecule has 0 aliphatic rings. The number of benzene rings is 2. The van der Waals surface area contributed by atoms with Crippen molar-refractivity contribution in [2.75, 3.05) is 12.4 Å². The second-order valence-electron chi connectivity index (χ2n) is 5.18. The predicted octanol–water partition coefficient (Wildman–Crippen LogP) is 4.53. The lowest BCUT2D eigenvalue weighted by atomic mass is 10.1. The molecule has 128 valence electrons. The first kappa shape index (κ1) is 17.0. The molecule has 0 aliphatic carbocycles. The molecular formula is C18H14ClFN2O3.